The smallest absolute Gasteiger partial charge is 0.148 e. The second-order valence-electron chi connectivity index (χ2n) is 11.1. The van der Waals surface area contributed by atoms with E-state index in [0.29, 0.717) is 29.7 Å². The molecule has 2 fully saturated rings. The quantitative estimate of drug-likeness (QED) is 0.765. The summed E-state index contributed by atoms with van der Waals surface area (Å²) < 4.78 is 5.57. The molecule has 3 heterocycles. The number of hydrogen-bond donors (Lipinski definition) is 2. The van der Waals surface area contributed by atoms with E-state index < -0.39 is 0 Å². The van der Waals surface area contributed by atoms with E-state index in [-0.39, 0.29) is 5.41 Å². The summed E-state index contributed by atoms with van der Waals surface area (Å²) >= 11 is 0. The molecular weight excluding hydrogens is 386 g/mol. The Balaban J connectivity index is 1.57. The normalized spacial score (nSPS) is 34.5. The van der Waals surface area contributed by atoms with Crippen molar-refractivity contribution in [3.8, 4) is 0 Å². The molecule has 1 aromatic heterocycles. The van der Waals surface area contributed by atoms with Crippen LogP contribution in [0.2, 0.25) is 0 Å². The van der Waals surface area contributed by atoms with Crippen LogP contribution in [0.1, 0.15) is 65.6 Å². The van der Waals surface area contributed by atoms with Gasteiger partial charge in [0.05, 0.1) is 5.69 Å². The van der Waals surface area contributed by atoms with Crippen molar-refractivity contribution in [2.24, 2.45) is 17.8 Å². The van der Waals surface area contributed by atoms with Crippen molar-refractivity contribution in [1.82, 2.24) is 20.0 Å². The number of H-pyrrole nitrogens is 1. The molecule has 3 aliphatic rings. The topological polar surface area (TPSA) is 70.4 Å². The van der Waals surface area contributed by atoms with Crippen molar-refractivity contribution in [1.29, 1.82) is 0 Å². The molecule has 4 rings (SSSR count). The van der Waals surface area contributed by atoms with E-state index in [1.54, 1.807) is 0 Å². The largest absolute Gasteiger partial charge is 0.382 e. The van der Waals surface area contributed by atoms with Crippen LogP contribution in [0, 0.1) is 17.8 Å². The van der Waals surface area contributed by atoms with Gasteiger partial charge in [-0.05, 0) is 50.9 Å². The summed E-state index contributed by atoms with van der Waals surface area (Å²) in [5, 5.41) is 7.62. The Labute approximate surface area is 188 Å². The maximum absolute atomic E-state index is 6.23. The molecule has 1 aliphatic carbocycles. The van der Waals surface area contributed by atoms with Crippen molar-refractivity contribution < 1.29 is 4.74 Å². The van der Waals surface area contributed by atoms with Gasteiger partial charge in [0.1, 0.15) is 5.82 Å². The number of anilines is 1. The maximum Gasteiger partial charge on any atom is 0.148 e. The summed E-state index contributed by atoms with van der Waals surface area (Å²) in [6.07, 6.45) is 5.91. The van der Waals surface area contributed by atoms with Gasteiger partial charge < -0.3 is 15.4 Å². The van der Waals surface area contributed by atoms with Gasteiger partial charge in [0.15, 0.2) is 0 Å². The highest BCUT2D eigenvalue weighted by Gasteiger charge is 2.38. The molecule has 6 nitrogen and oxygen atoms in total. The Kier molecular flexibility index (Phi) is 6.42. The van der Waals surface area contributed by atoms with Gasteiger partial charge in [-0.15, -0.1) is 0 Å². The minimum absolute atomic E-state index is 0.119. The summed E-state index contributed by atoms with van der Waals surface area (Å²) in [5.41, 5.74) is 10.0. The zero-order chi connectivity index (χ0) is 22.3. The lowest BCUT2D eigenvalue weighted by molar-refractivity contribution is 0.0139. The van der Waals surface area contributed by atoms with Gasteiger partial charge in [0, 0.05) is 61.6 Å². The number of rotatable bonds is 3. The van der Waals surface area contributed by atoms with Crippen LogP contribution in [0.3, 0.4) is 0 Å². The molecular formula is C25H43N5O. The fourth-order valence-electron chi connectivity index (χ4n) is 5.90. The highest BCUT2D eigenvalue weighted by molar-refractivity contribution is 5.47. The lowest BCUT2D eigenvalue weighted by Gasteiger charge is -2.49. The lowest BCUT2D eigenvalue weighted by Crippen LogP contribution is -2.57. The SMILES string of the molecule is CC1Cc2c(N)n[nH]c2C(C)(C)/C=C(\N2C[C@H](C)N(CC3CCOCC3)C[C@@H]2C)C1C. The fraction of sp³-hybridized carbons (Fsp3) is 0.800. The number of ether oxygens (including phenoxy) is 1. The maximum atomic E-state index is 6.23. The molecule has 31 heavy (non-hydrogen) atoms. The summed E-state index contributed by atoms with van der Waals surface area (Å²) in [6, 6.07) is 1.08. The van der Waals surface area contributed by atoms with Crippen molar-refractivity contribution in [2.75, 3.05) is 38.6 Å². The number of nitrogens with zero attached hydrogens (tertiary/aromatic N) is 3. The average molecular weight is 430 g/mol. The standard InChI is InChI=1S/C25H43N5O/c1-16-11-21-23(27-28-24(21)26)25(5,6)12-22(19(16)4)30-14-17(2)29(13-18(30)3)15-20-7-9-31-10-8-20/h12,16-20H,7-11,13-15H2,1-6H3,(H3,26,27,28)/b22-12-/t16?,17-,18-,19?/m0/s1. The molecule has 0 bridgehead atoms. The van der Waals surface area contributed by atoms with Gasteiger partial charge in [0.2, 0.25) is 0 Å². The molecule has 0 aromatic carbocycles. The lowest BCUT2D eigenvalue weighted by atomic mass is 9.75. The molecule has 2 saturated heterocycles. The first kappa shape index (κ1) is 22.7. The van der Waals surface area contributed by atoms with Crippen LogP contribution >= 0.6 is 0 Å². The van der Waals surface area contributed by atoms with Crippen LogP contribution in [0.4, 0.5) is 5.82 Å². The molecule has 4 atom stereocenters. The first-order chi connectivity index (χ1) is 14.7. The van der Waals surface area contributed by atoms with Gasteiger partial charge in [-0.1, -0.05) is 33.8 Å². The number of hydrogen-bond acceptors (Lipinski definition) is 5. The van der Waals surface area contributed by atoms with Crippen molar-refractivity contribution >= 4 is 5.82 Å². The van der Waals surface area contributed by atoms with Gasteiger partial charge in [-0.25, -0.2) is 0 Å². The minimum Gasteiger partial charge on any atom is -0.382 e. The molecule has 0 spiro atoms. The van der Waals surface area contributed by atoms with Crippen LogP contribution < -0.4 is 5.73 Å². The van der Waals surface area contributed by atoms with Crippen LogP contribution in [-0.2, 0) is 16.6 Å². The molecule has 2 aliphatic heterocycles. The van der Waals surface area contributed by atoms with E-state index >= 15 is 0 Å². The van der Waals surface area contributed by atoms with Gasteiger partial charge in [-0.2, -0.15) is 5.10 Å². The Morgan fingerprint density at radius 1 is 1.13 bits per heavy atom. The van der Waals surface area contributed by atoms with E-state index in [0.717, 1.165) is 38.6 Å². The number of nitrogens with two attached hydrogens (primary N) is 1. The van der Waals surface area contributed by atoms with Gasteiger partial charge in [0.25, 0.3) is 0 Å². The molecule has 174 valence electrons. The molecule has 3 N–H and O–H groups in total. The number of piperazine rings is 1. The van der Waals surface area contributed by atoms with Crippen molar-refractivity contribution in [2.45, 2.75) is 78.3 Å². The summed E-state index contributed by atoms with van der Waals surface area (Å²) in [5.74, 6) is 2.46. The Morgan fingerprint density at radius 3 is 2.55 bits per heavy atom. The van der Waals surface area contributed by atoms with Crippen molar-refractivity contribution in [3.63, 3.8) is 0 Å². The molecule has 0 amide bonds. The Hall–Kier alpha value is -1.53. The highest BCUT2D eigenvalue weighted by atomic mass is 16.5. The van der Waals surface area contributed by atoms with Crippen LogP contribution in [0.15, 0.2) is 11.8 Å². The van der Waals surface area contributed by atoms with E-state index in [2.05, 4.69) is 67.6 Å². The third-order valence-electron chi connectivity index (χ3n) is 8.18. The number of aromatic nitrogens is 2. The van der Waals surface area contributed by atoms with E-state index in [9.17, 15) is 0 Å². The highest BCUT2D eigenvalue weighted by Crippen LogP contribution is 2.40. The number of fused-ring (bicyclic) bond motifs is 1. The van der Waals surface area contributed by atoms with Crippen LogP contribution in [-0.4, -0.2) is 64.9 Å². The zero-order valence-electron chi connectivity index (χ0n) is 20.4. The van der Waals surface area contributed by atoms with Gasteiger partial charge >= 0.3 is 0 Å². The van der Waals surface area contributed by atoms with Crippen molar-refractivity contribution in [3.05, 3.63) is 23.0 Å². The first-order valence-electron chi connectivity index (χ1n) is 12.3. The van der Waals surface area contributed by atoms with Crippen LogP contribution in [0.25, 0.3) is 0 Å². The van der Waals surface area contributed by atoms with E-state index in [1.165, 1.54) is 36.3 Å². The summed E-state index contributed by atoms with van der Waals surface area (Å²) in [4.78, 5) is 5.44. The second-order valence-corrected chi connectivity index (χ2v) is 11.1. The summed E-state index contributed by atoms with van der Waals surface area (Å²) in [6.45, 7) is 19.5. The number of aromatic amines is 1. The molecule has 1 aromatic rings. The first-order valence-corrected chi connectivity index (χ1v) is 12.3. The third kappa shape index (κ3) is 4.51. The molecule has 0 saturated carbocycles. The Morgan fingerprint density at radius 2 is 1.84 bits per heavy atom. The summed E-state index contributed by atoms with van der Waals surface area (Å²) in [7, 11) is 0. The Bertz CT molecular complexity index is 794. The van der Waals surface area contributed by atoms with E-state index in [1.807, 2.05) is 0 Å². The number of allylic oxidation sites excluding steroid dienone is 2. The van der Waals surface area contributed by atoms with E-state index in [4.69, 9.17) is 10.5 Å². The molecule has 0 radical (unpaired) electrons. The van der Waals surface area contributed by atoms with Crippen LogP contribution in [0.5, 0.6) is 0 Å². The van der Waals surface area contributed by atoms with Gasteiger partial charge in [-0.3, -0.25) is 10.00 Å². The zero-order valence-corrected chi connectivity index (χ0v) is 20.4. The molecule has 2 unspecified atom stereocenters. The fourth-order valence-corrected chi connectivity index (χ4v) is 5.90. The number of nitrogens with one attached hydrogen (secondary N) is 1. The predicted octanol–water partition coefficient (Wildman–Crippen LogP) is 3.80. The molecule has 6 heteroatoms. The monoisotopic (exact) mass is 429 g/mol. The second kappa shape index (κ2) is 8.78. The predicted molar refractivity (Wildman–Crippen MR) is 127 cm³/mol. The third-order valence-corrected chi connectivity index (χ3v) is 8.18. The average Bonchev–Trinajstić information content (AvgIpc) is 3.09. The minimum atomic E-state index is -0.119. The number of nitrogen functional groups attached to an aromatic ring is 1.